The molecule has 2 rings (SSSR count). The van der Waals surface area contributed by atoms with E-state index in [9.17, 15) is 9.90 Å². The van der Waals surface area contributed by atoms with E-state index >= 15 is 0 Å². The third-order valence-electron chi connectivity index (χ3n) is 4.35. The normalized spacial score (nSPS) is 22.0. The van der Waals surface area contributed by atoms with Crippen LogP contribution >= 0.6 is 0 Å². The number of phenols is 1. The summed E-state index contributed by atoms with van der Waals surface area (Å²) in [6, 6.07) is 5.67. The minimum atomic E-state index is 0.0698. The van der Waals surface area contributed by atoms with E-state index in [1.807, 2.05) is 11.8 Å². The molecule has 4 nitrogen and oxygen atoms in total. The first kappa shape index (κ1) is 15.8. The van der Waals surface area contributed by atoms with Crippen LogP contribution in [0, 0.1) is 6.92 Å². The van der Waals surface area contributed by atoms with Crippen LogP contribution in [-0.4, -0.2) is 34.5 Å². The Balaban J connectivity index is 2.16. The fourth-order valence-corrected chi connectivity index (χ4v) is 3.06. The summed E-state index contributed by atoms with van der Waals surface area (Å²) in [5, 5.41) is 9.61. The molecule has 1 aliphatic rings. The first-order valence-corrected chi connectivity index (χ1v) is 7.89. The Hall–Kier alpha value is -1.55. The van der Waals surface area contributed by atoms with Crippen molar-refractivity contribution >= 4 is 5.91 Å². The van der Waals surface area contributed by atoms with E-state index in [4.69, 9.17) is 5.73 Å². The van der Waals surface area contributed by atoms with Gasteiger partial charge in [0, 0.05) is 24.2 Å². The summed E-state index contributed by atoms with van der Waals surface area (Å²) in [6.45, 7) is 4.69. The van der Waals surface area contributed by atoms with Gasteiger partial charge in [0.05, 0.1) is 0 Å². The highest BCUT2D eigenvalue weighted by molar-refractivity contribution is 5.94. The Bertz CT molecular complexity index is 494. The second-order valence-electron chi connectivity index (χ2n) is 6.07. The van der Waals surface area contributed by atoms with Crippen LogP contribution < -0.4 is 5.73 Å². The highest BCUT2D eigenvalue weighted by Gasteiger charge is 2.27. The van der Waals surface area contributed by atoms with Crippen LogP contribution in [0.15, 0.2) is 18.2 Å². The SMILES string of the molecule is CCCN(C(=O)c1ccc(O)c(C)c1)C1CCC(N)CC1. The van der Waals surface area contributed by atoms with Crippen LogP contribution in [-0.2, 0) is 0 Å². The lowest BCUT2D eigenvalue weighted by atomic mass is 9.90. The smallest absolute Gasteiger partial charge is 0.254 e. The van der Waals surface area contributed by atoms with Crippen LogP contribution in [0.1, 0.15) is 54.9 Å². The molecule has 0 aliphatic heterocycles. The molecule has 0 heterocycles. The summed E-state index contributed by atoms with van der Waals surface area (Å²) in [5.74, 6) is 0.303. The number of carbonyl (C=O) groups is 1. The van der Waals surface area contributed by atoms with Gasteiger partial charge in [0.2, 0.25) is 0 Å². The van der Waals surface area contributed by atoms with Crippen molar-refractivity contribution in [2.45, 2.75) is 58.0 Å². The van der Waals surface area contributed by atoms with E-state index in [0.717, 1.165) is 44.2 Å². The Morgan fingerprint density at radius 3 is 2.57 bits per heavy atom. The number of aromatic hydroxyl groups is 1. The zero-order chi connectivity index (χ0) is 15.4. The molecule has 0 bridgehead atoms. The maximum atomic E-state index is 12.8. The highest BCUT2D eigenvalue weighted by Crippen LogP contribution is 2.25. The molecule has 1 amide bonds. The van der Waals surface area contributed by atoms with Crippen molar-refractivity contribution in [1.82, 2.24) is 4.90 Å². The molecule has 0 unspecified atom stereocenters. The third kappa shape index (κ3) is 3.76. The van der Waals surface area contributed by atoms with E-state index < -0.39 is 0 Å². The lowest BCUT2D eigenvalue weighted by Gasteiger charge is -2.36. The molecule has 3 N–H and O–H groups in total. The van der Waals surface area contributed by atoms with Crippen molar-refractivity contribution in [2.24, 2.45) is 5.73 Å². The molecular weight excluding hydrogens is 264 g/mol. The van der Waals surface area contributed by atoms with Crippen LogP contribution in [0.3, 0.4) is 0 Å². The van der Waals surface area contributed by atoms with Crippen molar-refractivity contribution in [3.63, 3.8) is 0 Å². The average Bonchev–Trinajstić information content (AvgIpc) is 2.48. The monoisotopic (exact) mass is 290 g/mol. The summed E-state index contributed by atoms with van der Waals surface area (Å²) in [6.07, 6.45) is 4.92. The van der Waals surface area contributed by atoms with Gasteiger partial charge < -0.3 is 15.7 Å². The van der Waals surface area contributed by atoms with Gasteiger partial charge in [-0.2, -0.15) is 0 Å². The topological polar surface area (TPSA) is 66.6 Å². The average molecular weight is 290 g/mol. The predicted octanol–water partition coefficient (Wildman–Crippen LogP) is 2.82. The van der Waals surface area contributed by atoms with Gasteiger partial charge in [-0.05, 0) is 62.8 Å². The molecule has 0 spiro atoms. The van der Waals surface area contributed by atoms with Crippen molar-refractivity contribution in [2.75, 3.05) is 6.54 Å². The summed E-state index contributed by atoms with van der Waals surface area (Å²) in [5.41, 5.74) is 7.36. The molecule has 1 aromatic rings. The molecule has 0 radical (unpaired) electrons. The quantitative estimate of drug-likeness (QED) is 0.896. The van der Waals surface area contributed by atoms with Crippen molar-refractivity contribution in [1.29, 1.82) is 0 Å². The number of hydrogen-bond donors (Lipinski definition) is 2. The minimum Gasteiger partial charge on any atom is -0.508 e. The summed E-state index contributed by atoms with van der Waals surface area (Å²) >= 11 is 0. The summed E-state index contributed by atoms with van der Waals surface area (Å²) < 4.78 is 0. The van der Waals surface area contributed by atoms with Crippen molar-refractivity contribution < 1.29 is 9.90 Å². The molecule has 21 heavy (non-hydrogen) atoms. The number of aryl methyl sites for hydroxylation is 1. The van der Waals surface area contributed by atoms with Gasteiger partial charge in [-0.15, -0.1) is 0 Å². The Kier molecular flexibility index (Phi) is 5.23. The molecular formula is C17H26N2O2. The lowest BCUT2D eigenvalue weighted by molar-refractivity contribution is 0.0626. The maximum absolute atomic E-state index is 12.8. The third-order valence-corrected chi connectivity index (χ3v) is 4.35. The number of nitrogens with two attached hydrogens (primary N) is 1. The van der Waals surface area contributed by atoms with Gasteiger partial charge in [0.1, 0.15) is 5.75 Å². The molecule has 0 atom stereocenters. The number of nitrogens with zero attached hydrogens (tertiary/aromatic N) is 1. The van der Waals surface area contributed by atoms with Gasteiger partial charge in [-0.1, -0.05) is 6.92 Å². The van der Waals surface area contributed by atoms with Crippen molar-refractivity contribution in [3.05, 3.63) is 29.3 Å². The predicted molar refractivity (Wildman–Crippen MR) is 84.4 cm³/mol. The van der Waals surface area contributed by atoms with Crippen LogP contribution in [0.2, 0.25) is 0 Å². The molecule has 0 aromatic heterocycles. The van der Waals surface area contributed by atoms with Crippen LogP contribution in [0.5, 0.6) is 5.75 Å². The number of rotatable bonds is 4. The number of phenolic OH excluding ortho intramolecular Hbond substituents is 1. The van der Waals surface area contributed by atoms with Gasteiger partial charge >= 0.3 is 0 Å². The lowest BCUT2D eigenvalue weighted by Crippen LogP contribution is -2.44. The fraction of sp³-hybridized carbons (Fsp3) is 0.588. The van der Waals surface area contributed by atoms with E-state index in [2.05, 4.69) is 6.92 Å². The first-order chi connectivity index (χ1) is 10.0. The van der Waals surface area contributed by atoms with E-state index in [-0.39, 0.29) is 17.7 Å². The Labute approximate surface area is 126 Å². The number of carbonyl (C=O) groups excluding carboxylic acids is 1. The van der Waals surface area contributed by atoms with Gasteiger partial charge in [-0.3, -0.25) is 4.79 Å². The van der Waals surface area contributed by atoms with Gasteiger partial charge in [-0.25, -0.2) is 0 Å². The fourth-order valence-electron chi connectivity index (χ4n) is 3.06. The first-order valence-electron chi connectivity index (χ1n) is 7.89. The molecule has 116 valence electrons. The second kappa shape index (κ2) is 6.94. The maximum Gasteiger partial charge on any atom is 0.254 e. The minimum absolute atomic E-state index is 0.0698. The van der Waals surface area contributed by atoms with E-state index in [1.54, 1.807) is 18.2 Å². The van der Waals surface area contributed by atoms with Gasteiger partial charge in [0.25, 0.3) is 5.91 Å². The zero-order valence-corrected chi connectivity index (χ0v) is 13.0. The van der Waals surface area contributed by atoms with Crippen molar-refractivity contribution in [3.8, 4) is 5.75 Å². The molecule has 1 fully saturated rings. The second-order valence-corrected chi connectivity index (χ2v) is 6.07. The van der Waals surface area contributed by atoms with E-state index in [0.29, 0.717) is 11.6 Å². The number of benzene rings is 1. The highest BCUT2D eigenvalue weighted by atomic mass is 16.3. The molecule has 4 heteroatoms. The summed E-state index contributed by atoms with van der Waals surface area (Å²) in [4.78, 5) is 14.8. The molecule has 0 saturated heterocycles. The summed E-state index contributed by atoms with van der Waals surface area (Å²) in [7, 11) is 0. The number of hydrogen-bond acceptors (Lipinski definition) is 3. The van der Waals surface area contributed by atoms with Gasteiger partial charge in [0.15, 0.2) is 0 Å². The standard InChI is InChI=1S/C17H26N2O2/c1-3-10-19(15-7-5-14(18)6-8-15)17(21)13-4-9-16(20)12(2)11-13/h4,9,11,14-15,20H,3,5-8,10,18H2,1-2H3. The number of amides is 1. The molecule has 1 aromatic carbocycles. The molecule has 1 aliphatic carbocycles. The largest absolute Gasteiger partial charge is 0.508 e. The zero-order valence-electron chi connectivity index (χ0n) is 13.0. The van der Waals surface area contributed by atoms with Crippen LogP contribution in [0.25, 0.3) is 0 Å². The Morgan fingerprint density at radius 1 is 1.33 bits per heavy atom. The van der Waals surface area contributed by atoms with E-state index in [1.165, 1.54) is 0 Å². The Morgan fingerprint density at radius 2 is 2.00 bits per heavy atom. The molecule has 1 saturated carbocycles. The van der Waals surface area contributed by atoms with Crippen LogP contribution in [0.4, 0.5) is 0 Å².